The van der Waals surface area contributed by atoms with Gasteiger partial charge in [-0.3, -0.25) is 0 Å². The lowest BCUT2D eigenvalue weighted by atomic mass is 10.1. The van der Waals surface area contributed by atoms with E-state index in [-0.39, 0.29) is 5.56 Å². The summed E-state index contributed by atoms with van der Waals surface area (Å²) in [6.07, 6.45) is 6.52. The molecule has 1 aromatic heterocycles. The molecule has 0 saturated carbocycles. The molecule has 3 rings (SSSR count). The van der Waals surface area contributed by atoms with Gasteiger partial charge in [0, 0.05) is 43.4 Å². The number of nitrogens with zero attached hydrogens (tertiary/aromatic N) is 2. The van der Waals surface area contributed by atoms with Crippen LogP contribution in [0.4, 0.5) is 5.95 Å². The summed E-state index contributed by atoms with van der Waals surface area (Å²) >= 11 is 0. The van der Waals surface area contributed by atoms with Crippen LogP contribution in [0.15, 0.2) is 42.4 Å². The Bertz CT molecular complexity index is 874. The molecule has 4 N–H and O–H groups in total. The predicted molar refractivity (Wildman–Crippen MR) is 107 cm³/mol. The van der Waals surface area contributed by atoms with Crippen LogP contribution in [0.5, 0.6) is 0 Å². The number of nitrogens with one attached hydrogen (secondary N) is 3. The molecule has 0 bridgehead atoms. The summed E-state index contributed by atoms with van der Waals surface area (Å²) in [6, 6.07) is 6.87. The van der Waals surface area contributed by atoms with Crippen molar-refractivity contribution >= 4 is 18.1 Å². The fourth-order valence-electron chi connectivity index (χ4n) is 2.88. The third-order valence-electron chi connectivity index (χ3n) is 4.48. The Labute approximate surface area is 163 Å². The summed E-state index contributed by atoms with van der Waals surface area (Å²) in [4.78, 5) is 19.8. The predicted octanol–water partition coefficient (Wildman–Crippen LogP) is 2.82. The Kier molecular flexibility index (Phi) is 6.33. The number of carboxylic acid groups (broad SMARTS) is 1. The SMILES string of the molecule is Cc1cnc(N/C(C=N)=C/NC2CCOCC2)nc1-c1ccc(C(=O)O)cc1. The molecule has 0 aliphatic carbocycles. The number of ether oxygens (including phenoxy) is 1. The van der Waals surface area contributed by atoms with Crippen LogP contribution in [0.2, 0.25) is 0 Å². The number of hydrogen-bond donors (Lipinski definition) is 4. The van der Waals surface area contributed by atoms with Gasteiger partial charge in [0.15, 0.2) is 0 Å². The van der Waals surface area contributed by atoms with Crippen molar-refractivity contribution in [3.8, 4) is 11.3 Å². The standard InChI is InChI=1S/C20H23N5O3/c1-13-11-23-20(24-17(10-21)12-22-16-6-8-28-9-7-16)25-18(13)14-2-4-15(5-3-14)19(26)27/h2-5,10-12,16,21-22H,6-9H2,1H3,(H,26,27)(H,23,24,25)/b17-12+,21-10?. The fraction of sp³-hybridized carbons (Fsp3) is 0.300. The Morgan fingerprint density at radius 2 is 2.00 bits per heavy atom. The fourth-order valence-corrected chi connectivity index (χ4v) is 2.88. The van der Waals surface area contributed by atoms with Crippen molar-refractivity contribution < 1.29 is 14.6 Å². The van der Waals surface area contributed by atoms with E-state index in [0.717, 1.165) is 37.2 Å². The largest absolute Gasteiger partial charge is 0.478 e. The van der Waals surface area contributed by atoms with Crippen molar-refractivity contribution in [1.29, 1.82) is 5.41 Å². The maximum absolute atomic E-state index is 11.0. The number of aromatic nitrogens is 2. The number of carboxylic acids is 1. The molecule has 0 spiro atoms. The molecule has 0 radical (unpaired) electrons. The number of carbonyl (C=O) groups is 1. The average Bonchev–Trinajstić information content (AvgIpc) is 2.73. The molecule has 0 atom stereocenters. The van der Waals surface area contributed by atoms with E-state index in [1.54, 1.807) is 36.7 Å². The van der Waals surface area contributed by atoms with Gasteiger partial charge in [-0.25, -0.2) is 14.8 Å². The lowest BCUT2D eigenvalue weighted by molar-refractivity contribution is 0.0697. The van der Waals surface area contributed by atoms with E-state index in [1.165, 1.54) is 6.21 Å². The average molecular weight is 381 g/mol. The first-order valence-corrected chi connectivity index (χ1v) is 9.05. The number of hydrogen-bond acceptors (Lipinski definition) is 7. The zero-order valence-electron chi connectivity index (χ0n) is 15.6. The number of aryl methyl sites for hydroxylation is 1. The van der Waals surface area contributed by atoms with Crippen molar-refractivity contribution in [2.75, 3.05) is 18.5 Å². The second kappa shape index (κ2) is 9.09. The first-order valence-electron chi connectivity index (χ1n) is 9.05. The molecule has 1 aromatic carbocycles. The van der Waals surface area contributed by atoms with E-state index in [1.807, 2.05) is 6.92 Å². The quantitative estimate of drug-likeness (QED) is 0.544. The second-order valence-electron chi connectivity index (χ2n) is 6.53. The van der Waals surface area contributed by atoms with Gasteiger partial charge in [0.2, 0.25) is 5.95 Å². The van der Waals surface area contributed by atoms with Crippen molar-refractivity contribution in [3.05, 3.63) is 53.5 Å². The normalized spacial score (nSPS) is 15.1. The number of allylic oxidation sites excluding steroid dienone is 1. The topological polar surface area (TPSA) is 120 Å². The van der Waals surface area contributed by atoms with Gasteiger partial charge >= 0.3 is 5.97 Å². The van der Waals surface area contributed by atoms with Crippen LogP contribution in [0.25, 0.3) is 11.3 Å². The van der Waals surface area contributed by atoms with Crippen LogP contribution in [-0.4, -0.2) is 46.5 Å². The molecule has 0 amide bonds. The highest BCUT2D eigenvalue weighted by Gasteiger charge is 2.12. The van der Waals surface area contributed by atoms with Gasteiger partial charge in [0.1, 0.15) is 0 Å². The van der Waals surface area contributed by atoms with E-state index < -0.39 is 5.97 Å². The number of benzene rings is 1. The number of rotatable bonds is 7. The van der Waals surface area contributed by atoms with Crippen LogP contribution in [0.3, 0.4) is 0 Å². The van der Waals surface area contributed by atoms with Crippen LogP contribution in [0.1, 0.15) is 28.8 Å². The highest BCUT2D eigenvalue weighted by Crippen LogP contribution is 2.22. The van der Waals surface area contributed by atoms with E-state index in [2.05, 4.69) is 20.6 Å². The van der Waals surface area contributed by atoms with Crippen molar-refractivity contribution in [2.24, 2.45) is 0 Å². The van der Waals surface area contributed by atoms with Gasteiger partial charge in [-0.2, -0.15) is 0 Å². The summed E-state index contributed by atoms with van der Waals surface area (Å²) < 4.78 is 5.34. The van der Waals surface area contributed by atoms with Gasteiger partial charge in [-0.15, -0.1) is 0 Å². The minimum atomic E-state index is -0.967. The first-order chi connectivity index (χ1) is 13.6. The molecular weight excluding hydrogens is 358 g/mol. The zero-order chi connectivity index (χ0) is 19.9. The Morgan fingerprint density at radius 3 is 2.64 bits per heavy atom. The summed E-state index contributed by atoms with van der Waals surface area (Å²) in [5.41, 5.74) is 3.14. The Hall–Kier alpha value is -3.26. The van der Waals surface area contributed by atoms with Crippen LogP contribution < -0.4 is 10.6 Å². The molecule has 0 unspecified atom stereocenters. The molecule has 28 heavy (non-hydrogen) atoms. The van der Waals surface area contributed by atoms with Crippen molar-refractivity contribution in [1.82, 2.24) is 15.3 Å². The van der Waals surface area contributed by atoms with Crippen molar-refractivity contribution in [3.63, 3.8) is 0 Å². The van der Waals surface area contributed by atoms with E-state index in [0.29, 0.717) is 23.4 Å². The molecule has 2 aromatic rings. The van der Waals surface area contributed by atoms with Crippen LogP contribution >= 0.6 is 0 Å². The van der Waals surface area contributed by atoms with Gasteiger partial charge in [0.25, 0.3) is 0 Å². The van der Waals surface area contributed by atoms with Crippen LogP contribution in [-0.2, 0) is 4.74 Å². The van der Waals surface area contributed by atoms with E-state index in [9.17, 15) is 4.79 Å². The molecule has 1 fully saturated rings. The summed E-state index contributed by atoms with van der Waals surface area (Å²) in [5.74, 6) is -0.599. The summed E-state index contributed by atoms with van der Waals surface area (Å²) in [5, 5.41) is 23.0. The molecule has 8 nitrogen and oxygen atoms in total. The molecular formula is C20H23N5O3. The van der Waals surface area contributed by atoms with E-state index in [4.69, 9.17) is 15.3 Å². The third kappa shape index (κ3) is 4.92. The van der Waals surface area contributed by atoms with Gasteiger partial charge in [-0.05, 0) is 37.5 Å². The second-order valence-corrected chi connectivity index (χ2v) is 6.53. The Balaban J connectivity index is 1.75. The zero-order valence-corrected chi connectivity index (χ0v) is 15.6. The lowest BCUT2D eigenvalue weighted by Crippen LogP contribution is -2.32. The first kappa shape index (κ1) is 19.5. The van der Waals surface area contributed by atoms with Gasteiger partial charge in [0.05, 0.1) is 17.0 Å². The minimum absolute atomic E-state index is 0.224. The van der Waals surface area contributed by atoms with Gasteiger partial charge < -0.3 is 25.9 Å². The van der Waals surface area contributed by atoms with Gasteiger partial charge in [-0.1, -0.05) is 12.1 Å². The van der Waals surface area contributed by atoms with Crippen molar-refractivity contribution in [2.45, 2.75) is 25.8 Å². The maximum atomic E-state index is 11.0. The molecule has 146 valence electrons. The number of anilines is 1. The monoisotopic (exact) mass is 381 g/mol. The summed E-state index contributed by atoms with van der Waals surface area (Å²) in [6.45, 7) is 3.37. The lowest BCUT2D eigenvalue weighted by Gasteiger charge is -2.22. The highest BCUT2D eigenvalue weighted by atomic mass is 16.5. The molecule has 8 heteroatoms. The minimum Gasteiger partial charge on any atom is -0.478 e. The third-order valence-corrected chi connectivity index (χ3v) is 4.48. The highest BCUT2D eigenvalue weighted by molar-refractivity contribution is 5.88. The summed E-state index contributed by atoms with van der Waals surface area (Å²) in [7, 11) is 0. The Morgan fingerprint density at radius 1 is 1.29 bits per heavy atom. The smallest absolute Gasteiger partial charge is 0.335 e. The number of aromatic carboxylic acids is 1. The maximum Gasteiger partial charge on any atom is 0.335 e. The molecule has 1 saturated heterocycles. The molecule has 1 aliphatic heterocycles. The molecule has 1 aliphatic rings. The van der Waals surface area contributed by atoms with E-state index >= 15 is 0 Å². The van der Waals surface area contributed by atoms with Crippen LogP contribution in [0, 0.1) is 12.3 Å². The molecule has 2 heterocycles.